The number of hydrogen-bond donors (Lipinski definition) is 0. The molecule has 0 amide bonds. The fourth-order valence-electron chi connectivity index (χ4n) is 1.15. The molecule has 2 nitrogen and oxygen atoms in total. The normalized spacial score (nSPS) is 12.6. The summed E-state index contributed by atoms with van der Waals surface area (Å²) in [6.45, 7) is 8.77. The van der Waals surface area contributed by atoms with Gasteiger partial charge in [0.1, 0.15) is 6.23 Å². The number of oxime groups is 1. The molecule has 0 aliphatic carbocycles. The second-order valence-corrected chi connectivity index (χ2v) is 10.7. The second kappa shape index (κ2) is 6.22. The first kappa shape index (κ1) is 14.3. The van der Waals surface area contributed by atoms with E-state index in [0.717, 1.165) is 22.5 Å². The van der Waals surface area contributed by atoms with Crippen molar-refractivity contribution in [1.82, 2.24) is 0 Å². The van der Waals surface area contributed by atoms with Crippen molar-refractivity contribution in [2.24, 2.45) is 5.16 Å². The lowest BCUT2D eigenvalue weighted by Gasteiger charge is -2.17. The quantitative estimate of drug-likeness (QED) is 0.442. The summed E-state index contributed by atoms with van der Waals surface area (Å²) >= 11 is 5.83. The van der Waals surface area contributed by atoms with Gasteiger partial charge >= 0.3 is 0 Å². The molecular formula is C13H20ClNOSi. The van der Waals surface area contributed by atoms with Gasteiger partial charge in [-0.2, -0.15) is 0 Å². The molecule has 1 aromatic rings. The highest BCUT2D eigenvalue weighted by atomic mass is 35.5. The third-order valence-electron chi connectivity index (χ3n) is 2.88. The molecule has 1 rings (SSSR count). The molecule has 0 N–H and O–H groups in total. The van der Waals surface area contributed by atoms with Gasteiger partial charge in [-0.05, 0) is 24.6 Å². The van der Waals surface area contributed by atoms with Gasteiger partial charge in [0.2, 0.25) is 0 Å². The van der Waals surface area contributed by atoms with Crippen LogP contribution in [0, 0.1) is 0 Å². The van der Waals surface area contributed by atoms with Crippen molar-refractivity contribution in [2.75, 3.05) is 6.23 Å². The highest BCUT2D eigenvalue weighted by molar-refractivity contribution is 6.77. The van der Waals surface area contributed by atoms with E-state index in [0.29, 0.717) is 0 Å². The minimum Gasteiger partial charge on any atom is -0.399 e. The maximum absolute atomic E-state index is 5.83. The Morgan fingerprint density at radius 3 is 2.41 bits per heavy atom. The van der Waals surface area contributed by atoms with Crippen molar-refractivity contribution < 1.29 is 4.84 Å². The van der Waals surface area contributed by atoms with Crippen LogP contribution in [-0.4, -0.2) is 20.0 Å². The fraction of sp³-hybridized carbons (Fsp3) is 0.462. The molecule has 0 unspecified atom stereocenters. The molecule has 0 atom stereocenters. The van der Waals surface area contributed by atoms with E-state index in [1.165, 1.54) is 6.04 Å². The number of rotatable bonds is 5. The van der Waals surface area contributed by atoms with Gasteiger partial charge in [-0.25, -0.2) is 0 Å². The average Bonchev–Trinajstić information content (AvgIpc) is 2.29. The minimum absolute atomic E-state index is 0.738. The molecule has 17 heavy (non-hydrogen) atoms. The maximum atomic E-state index is 5.83. The Morgan fingerprint density at radius 2 is 1.88 bits per heavy atom. The monoisotopic (exact) mass is 269 g/mol. The first-order valence-electron chi connectivity index (χ1n) is 5.87. The van der Waals surface area contributed by atoms with Gasteiger partial charge in [0, 0.05) is 5.02 Å². The van der Waals surface area contributed by atoms with Crippen LogP contribution >= 0.6 is 11.6 Å². The minimum atomic E-state index is -1.20. The molecule has 0 heterocycles. The van der Waals surface area contributed by atoms with E-state index in [9.17, 15) is 0 Å². The smallest absolute Gasteiger partial charge is 0.105 e. The highest BCUT2D eigenvalue weighted by Crippen LogP contribution is 2.11. The fourth-order valence-corrected chi connectivity index (χ4v) is 1.89. The van der Waals surface area contributed by atoms with Crippen molar-refractivity contribution in [3.63, 3.8) is 0 Å². The highest BCUT2D eigenvalue weighted by Gasteiger charge is 2.18. The lowest BCUT2D eigenvalue weighted by molar-refractivity contribution is 0.185. The van der Waals surface area contributed by atoms with Crippen LogP contribution in [0.15, 0.2) is 29.4 Å². The lowest BCUT2D eigenvalue weighted by atomic mass is 10.1. The van der Waals surface area contributed by atoms with Gasteiger partial charge in [0.05, 0.1) is 13.8 Å². The molecule has 0 saturated carbocycles. The first-order valence-corrected chi connectivity index (χ1v) is 9.66. The van der Waals surface area contributed by atoms with Crippen LogP contribution in [0.3, 0.4) is 0 Å². The maximum Gasteiger partial charge on any atom is 0.105 e. The number of halogens is 1. The third-order valence-corrected chi connectivity index (χ3v) is 5.95. The van der Waals surface area contributed by atoms with Crippen LogP contribution in [0.1, 0.15) is 19.4 Å². The summed E-state index contributed by atoms with van der Waals surface area (Å²) in [6, 6.07) is 8.84. The molecule has 0 saturated heterocycles. The summed E-state index contributed by atoms with van der Waals surface area (Å²) in [4.78, 5) is 5.45. The molecular weight excluding hydrogens is 250 g/mol. The van der Waals surface area contributed by atoms with Crippen LogP contribution in [0.25, 0.3) is 0 Å². The number of benzene rings is 1. The van der Waals surface area contributed by atoms with E-state index >= 15 is 0 Å². The third kappa shape index (κ3) is 4.92. The molecule has 1 aromatic carbocycles. The van der Waals surface area contributed by atoms with Crippen LogP contribution in [0.4, 0.5) is 0 Å². The van der Waals surface area contributed by atoms with Crippen molar-refractivity contribution in [3.05, 3.63) is 34.9 Å². The molecule has 0 aromatic heterocycles. The molecule has 0 radical (unpaired) electrons. The van der Waals surface area contributed by atoms with Gasteiger partial charge in [-0.3, -0.25) is 0 Å². The van der Waals surface area contributed by atoms with Crippen LogP contribution in [-0.2, 0) is 4.84 Å². The SMILES string of the molecule is CC[Si](C)(C)CON=C(C)c1ccc(Cl)cc1. The summed E-state index contributed by atoms with van der Waals surface area (Å²) in [5.41, 5.74) is 1.94. The van der Waals surface area contributed by atoms with Crippen molar-refractivity contribution in [3.8, 4) is 0 Å². The van der Waals surface area contributed by atoms with E-state index in [2.05, 4.69) is 25.2 Å². The molecule has 4 heteroatoms. The largest absolute Gasteiger partial charge is 0.399 e. The Labute approximate surface area is 110 Å². The van der Waals surface area contributed by atoms with Gasteiger partial charge in [0.15, 0.2) is 0 Å². The van der Waals surface area contributed by atoms with E-state index in [-0.39, 0.29) is 0 Å². The molecule has 0 spiro atoms. The van der Waals surface area contributed by atoms with Gasteiger partial charge in [0.25, 0.3) is 0 Å². The molecule has 0 aliphatic rings. The standard InChI is InChI=1S/C13H20ClNOSi/c1-5-17(3,4)10-16-15-11(2)12-6-8-13(14)9-7-12/h6-9H,5,10H2,1-4H3. The molecule has 94 valence electrons. The van der Waals surface area contributed by atoms with Crippen molar-refractivity contribution >= 4 is 25.4 Å². The zero-order valence-electron chi connectivity index (χ0n) is 11.0. The average molecular weight is 270 g/mol. The van der Waals surface area contributed by atoms with E-state index in [4.69, 9.17) is 16.4 Å². The summed E-state index contributed by atoms with van der Waals surface area (Å²) < 4.78 is 0. The molecule has 0 fully saturated rings. The zero-order valence-corrected chi connectivity index (χ0v) is 12.7. The van der Waals surface area contributed by atoms with Gasteiger partial charge < -0.3 is 4.84 Å². The Kier molecular flexibility index (Phi) is 5.21. The van der Waals surface area contributed by atoms with Crippen molar-refractivity contribution in [1.29, 1.82) is 0 Å². The van der Waals surface area contributed by atoms with Crippen LogP contribution in [0.5, 0.6) is 0 Å². The topological polar surface area (TPSA) is 21.6 Å². The Bertz CT molecular complexity index is 387. The predicted octanol–water partition coefficient (Wildman–Crippen LogP) is 4.35. The Balaban J connectivity index is 2.58. The van der Waals surface area contributed by atoms with Gasteiger partial charge in [-0.15, -0.1) is 0 Å². The van der Waals surface area contributed by atoms with Crippen LogP contribution in [0.2, 0.25) is 24.2 Å². The second-order valence-electron chi connectivity index (χ2n) is 4.97. The Hall–Kier alpha value is -0.803. The summed E-state index contributed by atoms with van der Waals surface area (Å²) in [7, 11) is -1.20. The summed E-state index contributed by atoms with van der Waals surface area (Å²) in [5.74, 6) is 0. The number of hydrogen-bond acceptors (Lipinski definition) is 2. The first-order chi connectivity index (χ1) is 7.94. The van der Waals surface area contributed by atoms with E-state index in [1.54, 1.807) is 0 Å². The Morgan fingerprint density at radius 1 is 1.29 bits per heavy atom. The zero-order chi connectivity index (χ0) is 12.9. The summed E-state index contributed by atoms with van der Waals surface area (Å²) in [5, 5.41) is 4.90. The lowest BCUT2D eigenvalue weighted by Crippen LogP contribution is -2.30. The molecule has 0 bridgehead atoms. The number of nitrogens with zero attached hydrogens (tertiary/aromatic N) is 1. The molecule has 0 aliphatic heterocycles. The van der Waals surface area contributed by atoms with Crippen molar-refractivity contribution in [2.45, 2.75) is 33.0 Å². The van der Waals surface area contributed by atoms with Gasteiger partial charge in [-0.1, -0.05) is 55.0 Å². The predicted molar refractivity (Wildman–Crippen MR) is 77.6 cm³/mol. The van der Waals surface area contributed by atoms with E-state index < -0.39 is 8.07 Å². The summed E-state index contributed by atoms with van der Waals surface area (Å²) in [6.07, 6.45) is 0.772. The van der Waals surface area contributed by atoms with E-state index in [1.807, 2.05) is 31.2 Å². The van der Waals surface area contributed by atoms with Crippen LogP contribution < -0.4 is 0 Å².